The van der Waals surface area contributed by atoms with Crippen LogP contribution in [-0.2, 0) is 5.41 Å². The highest BCUT2D eigenvalue weighted by molar-refractivity contribution is 6.14. The van der Waals surface area contributed by atoms with Gasteiger partial charge in [-0.1, -0.05) is 172 Å². The van der Waals surface area contributed by atoms with Crippen molar-refractivity contribution in [2.24, 2.45) is 0 Å². The van der Waals surface area contributed by atoms with Crippen molar-refractivity contribution in [1.29, 1.82) is 0 Å². The molecular weight excluding hydrogens is 731 g/mol. The van der Waals surface area contributed by atoms with Crippen molar-refractivity contribution in [2.45, 2.75) is 19.3 Å². The summed E-state index contributed by atoms with van der Waals surface area (Å²) in [7, 11) is 0. The second-order valence-corrected chi connectivity index (χ2v) is 16.4. The van der Waals surface area contributed by atoms with Crippen LogP contribution in [0.25, 0.3) is 111 Å². The van der Waals surface area contributed by atoms with E-state index < -0.39 is 0 Å². The Morgan fingerprint density at radius 2 is 0.967 bits per heavy atom. The molecule has 60 heavy (non-hydrogen) atoms. The van der Waals surface area contributed by atoms with Gasteiger partial charge in [0, 0.05) is 32.9 Å². The van der Waals surface area contributed by atoms with E-state index in [0.29, 0.717) is 17.5 Å². The van der Waals surface area contributed by atoms with Crippen LogP contribution in [0.3, 0.4) is 0 Å². The van der Waals surface area contributed by atoms with E-state index >= 15 is 0 Å². The first-order valence-corrected chi connectivity index (χ1v) is 20.5. The smallest absolute Gasteiger partial charge is 0.164 e. The van der Waals surface area contributed by atoms with Crippen LogP contribution in [0.15, 0.2) is 192 Å². The van der Waals surface area contributed by atoms with Crippen molar-refractivity contribution in [3.05, 3.63) is 199 Å². The molecule has 0 spiro atoms. The molecule has 1 aliphatic carbocycles. The largest absolute Gasteiger partial charge is 0.456 e. The van der Waals surface area contributed by atoms with E-state index in [2.05, 4.69) is 184 Å². The Kier molecular flexibility index (Phi) is 7.54. The van der Waals surface area contributed by atoms with Crippen LogP contribution in [-0.4, -0.2) is 15.0 Å². The molecule has 12 rings (SSSR count). The van der Waals surface area contributed by atoms with E-state index in [-0.39, 0.29) is 5.41 Å². The molecule has 4 nitrogen and oxygen atoms in total. The first-order valence-electron chi connectivity index (χ1n) is 20.5. The zero-order valence-electron chi connectivity index (χ0n) is 33.1. The molecule has 0 N–H and O–H groups in total. The number of benzene rings is 9. The number of rotatable bonds is 5. The molecule has 0 aliphatic heterocycles. The summed E-state index contributed by atoms with van der Waals surface area (Å²) in [6.45, 7) is 4.61. The van der Waals surface area contributed by atoms with E-state index in [0.717, 1.165) is 55.3 Å². The fourth-order valence-corrected chi connectivity index (χ4v) is 9.63. The third kappa shape index (κ3) is 5.34. The molecule has 0 atom stereocenters. The lowest BCUT2D eigenvalue weighted by Gasteiger charge is -2.24. The maximum atomic E-state index is 6.52. The minimum Gasteiger partial charge on any atom is -0.456 e. The Labute approximate surface area is 347 Å². The Morgan fingerprint density at radius 3 is 1.85 bits per heavy atom. The monoisotopic (exact) mass is 767 g/mol. The van der Waals surface area contributed by atoms with Crippen molar-refractivity contribution >= 4 is 43.5 Å². The maximum absolute atomic E-state index is 6.52. The summed E-state index contributed by atoms with van der Waals surface area (Å²) in [6, 6.07) is 66.7. The lowest BCUT2D eigenvalue weighted by molar-refractivity contribution is 0.661. The summed E-state index contributed by atoms with van der Waals surface area (Å²) >= 11 is 0. The van der Waals surface area contributed by atoms with Gasteiger partial charge in [0.15, 0.2) is 17.5 Å². The van der Waals surface area contributed by atoms with Gasteiger partial charge in [0.25, 0.3) is 0 Å². The molecule has 1 aliphatic rings. The average Bonchev–Trinajstić information content (AvgIpc) is 3.80. The molecule has 0 saturated heterocycles. The molecule has 0 saturated carbocycles. The third-order valence-corrected chi connectivity index (χ3v) is 12.5. The lowest BCUT2D eigenvalue weighted by Crippen LogP contribution is -2.17. The van der Waals surface area contributed by atoms with Gasteiger partial charge < -0.3 is 4.42 Å². The number of hydrogen-bond acceptors (Lipinski definition) is 4. The van der Waals surface area contributed by atoms with Gasteiger partial charge in [0.2, 0.25) is 0 Å². The van der Waals surface area contributed by atoms with E-state index in [1.54, 1.807) is 0 Å². The molecule has 0 amide bonds. The highest BCUT2D eigenvalue weighted by Crippen LogP contribution is 2.52. The topological polar surface area (TPSA) is 51.8 Å². The minimum absolute atomic E-state index is 0.225. The molecule has 11 aromatic rings. The lowest BCUT2D eigenvalue weighted by atomic mass is 9.80. The van der Waals surface area contributed by atoms with Crippen LogP contribution in [0.4, 0.5) is 0 Å². The Morgan fingerprint density at radius 1 is 0.367 bits per heavy atom. The standard InChI is InChI=1S/C56H37N3O/c1-56(2)48-23-9-8-19-43(48)44-21-11-22-45(52(44)56)55-58-53(36-14-4-3-5-15-36)57-54(59-55)40-17-10-16-39(31-40)42-20-12-24-50-51(42)47-33-38(29-30-49(47)60-50)37-28-27-35-26-25-34-13-6-7-18-41(34)46(35)32-37/h3-33H,1-2H3. The van der Waals surface area contributed by atoms with Crippen LogP contribution in [0, 0.1) is 0 Å². The quantitative estimate of drug-likeness (QED) is 0.164. The highest BCUT2D eigenvalue weighted by Gasteiger charge is 2.38. The van der Waals surface area contributed by atoms with E-state index in [1.807, 2.05) is 18.2 Å². The van der Waals surface area contributed by atoms with Crippen molar-refractivity contribution < 1.29 is 4.42 Å². The number of nitrogens with zero attached hydrogens (tertiary/aromatic N) is 3. The summed E-state index contributed by atoms with van der Waals surface area (Å²) in [5.41, 5.74) is 13.9. The predicted molar refractivity (Wildman–Crippen MR) is 247 cm³/mol. The normalized spacial score (nSPS) is 13.0. The fraction of sp³-hybridized carbons (Fsp3) is 0.0536. The van der Waals surface area contributed by atoms with E-state index in [4.69, 9.17) is 19.4 Å². The van der Waals surface area contributed by atoms with Crippen molar-refractivity contribution in [3.8, 4) is 67.5 Å². The zero-order valence-corrected chi connectivity index (χ0v) is 33.1. The average molecular weight is 768 g/mol. The summed E-state index contributed by atoms with van der Waals surface area (Å²) in [5.74, 6) is 1.94. The van der Waals surface area contributed by atoms with Crippen LogP contribution in [0.1, 0.15) is 25.0 Å². The van der Waals surface area contributed by atoms with Crippen molar-refractivity contribution in [2.75, 3.05) is 0 Å². The van der Waals surface area contributed by atoms with Crippen LogP contribution < -0.4 is 0 Å². The second kappa shape index (κ2) is 13.2. The van der Waals surface area contributed by atoms with Gasteiger partial charge in [0.05, 0.1) is 0 Å². The molecule has 0 radical (unpaired) electrons. The summed E-state index contributed by atoms with van der Waals surface area (Å²) in [5, 5.41) is 7.16. The number of fused-ring (bicyclic) bond motifs is 9. The molecule has 2 aromatic heterocycles. The maximum Gasteiger partial charge on any atom is 0.164 e. The van der Waals surface area contributed by atoms with Gasteiger partial charge >= 0.3 is 0 Å². The molecule has 4 heteroatoms. The summed E-state index contributed by atoms with van der Waals surface area (Å²) < 4.78 is 6.52. The number of hydrogen-bond donors (Lipinski definition) is 0. The fourth-order valence-electron chi connectivity index (χ4n) is 9.63. The van der Waals surface area contributed by atoms with Gasteiger partial charge in [-0.2, -0.15) is 0 Å². The van der Waals surface area contributed by atoms with Crippen LogP contribution in [0.5, 0.6) is 0 Å². The van der Waals surface area contributed by atoms with Gasteiger partial charge in [0.1, 0.15) is 11.2 Å². The molecule has 9 aromatic carbocycles. The summed E-state index contributed by atoms with van der Waals surface area (Å²) in [4.78, 5) is 15.6. The van der Waals surface area contributed by atoms with Gasteiger partial charge in [-0.3, -0.25) is 0 Å². The van der Waals surface area contributed by atoms with E-state index in [1.165, 1.54) is 49.4 Å². The molecule has 0 bridgehead atoms. The minimum atomic E-state index is -0.225. The molecule has 282 valence electrons. The van der Waals surface area contributed by atoms with Crippen molar-refractivity contribution in [1.82, 2.24) is 15.0 Å². The Hall–Kier alpha value is -7.69. The predicted octanol–water partition coefficient (Wildman–Crippen LogP) is 14.7. The van der Waals surface area contributed by atoms with Crippen LogP contribution in [0.2, 0.25) is 0 Å². The first-order chi connectivity index (χ1) is 29.5. The molecule has 2 heterocycles. The van der Waals surface area contributed by atoms with Gasteiger partial charge in [-0.15, -0.1) is 0 Å². The Balaban J connectivity index is 1.00. The van der Waals surface area contributed by atoms with E-state index in [9.17, 15) is 0 Å². The van der Waals surface area contributed by atoms with Gasteiger partial charge in [-0.05, 0) is 96.4 Å². The number of aromatic nitrogens is 3. The molecule has 0 unspecified atom stereocenters. The third-order valence-electron chi connectivity index (χ3n) is 12.5. The molecule has 0 fully saturated rings. The summed E-state index contributed by atoms with van der Waals surface area (Å²) in [6.07, 6.45) is 0. The molecular formula is C56H37N3O. The second-order valence-electron chi connectivity index (χ2n) is 16.4. The van der Waals surface area contributed by atoms with Crippen molar-refractivity contribution in [3.63, 3.8) is 0 Å². The highest BCUT2D eigenvalue weighted by atomic mass is 16.3. The first kappa shape index (κ1) is 34.4. The zero-order chi connectivity index (χ0) is 40.0. The van der Waals surface area contributed by atoms with Crippen LogP contribution >= 0.6 is 0 Å². The van der Waals surface area contributed by atoms with Gasteiger partial charge in [-0.25, -0.2) is 15.0 Å². The number of furan rings is 1. The Bertz CT molecular complexity index is 3530. The SMILES string of the molecule is CC1(C)c2ccccc2-c2cccc(-c3nc(-c4ccccc4)nc(-c4cccc(-c5cccc6oc7ccc(-c8ccc9ccc%10ccccc%10c9c8)cc7c56)c4)n3)c21.